The van der Waals surface area contributed by atoms with Crippen LogP contribution in [0.3, 0.4) is 0 Å². The summed E-state index contributed by atoms with van der Waals surface area (Å²) in [6.07, 6.45) is 3.42. The van der Waals surface area contributed by atoms with E-state index in [4.69, 9.17) is 0 Å². The third kappa shape index (κ3) is 7.94. The smallest absolute Gasteiger partial charge is 0.185 e. The van der Waals surface area contributed by atoms with Gasteiger partial charge in [-0.1, -0.05) is 22.0 Å². The zero-order chi connectivity index (χ0) is 19.3. The van der Waals surface area contributed by atoms with Crippen LogP contribution < -0.4 is 34.6 Å². The summed E-state index contributed by atoms with van der Waals surface area (Å²) in [6.45, 7) is 1.45. The average Bonchev–Trinajstić information content (AvgIpc) is 2.56. The topological polar surface area (TPSA) is 46.2 Å². The third-order valence-corrected chi connectivity index (χ3v) is 4.46. The van der Waals surface area contributed by atoms with Gasteiger partial charge in [-0.25, -0.2) is 0 Å². The normalized spacial score (nSPS) is 10.8. The van der Waals surface area contributed by atoms with Crippen LogP contribution in [0.15, 0.2) is 46.9 Å². The second-order valence-electron chi connectivity index (χ2n) is 7.16. The number of aromatic hydroxyl groups is 1. The molecular formula is C21H27BrCl2N2O2. The molecule has 3 N–H and O–H groups in total. The summed E-state index contributed by atoms with van der Waals surface area (Å²) in [7, 11) is 8.21. The lowest BCUT2D eigenvalue weighted by Gasteiger charge is -2.15. The maximum absolute atomic E-state index is 12.4. The Morgan fingerprint density at radius 1 is 0.964 bits per heavy atom. The van der Waals surface area contributed by atoms with Gasteiger partial charge in [-0.05, 0) is 48.0 Å². The number of phenolic OH excluding ortho intramolecular Hbond substituents is 1. The minimum absolute atomic E-state index is 0. The first-order valence-electron chi connectivity index (χ1n) is 8.67. The van der Waals surface area contributed by atoms with E-state index in [1.165, 1.54) is 9.80 Å². The Labute approximate surface area is 188 Å². The quantitative estimate of drug-likeness (QED) is 0.270. The van der Waals surface area contributed by atoms with Crippen LogP contribution in [0.1, 0.15) is 27.0 Å². The predicted molar refractivity (Wildman–Crippen MR) is 109 cm³/mol. The van der Waals surface area contributed by atoms with Crippen molar-refractivity contribution in [2.45, 2.75) is 13.1 Å². The van der Waals surface area contributed by atoms with Crippen LogP contribution >= 0.6 is 15.9 Å². The molecule has 0 aliphatic rings. The fourth-order valence-electron chi connectivity index (χ4n) is 2.80. The summed E-state index contributed by atoms with van der Waals surface area (Å²) >= 11 is 3.38. The first-order valence-corrected chi connectivity index (χ1v) is 9.46. The van der Waals surface area contributed by atoms with E-state index in [-0.39, 0.29) is 30.6 Å². The molecule has 0 aromatic heterocycles. The average molecular weight is 490 g/mol. The molecule has 0 aliphatic heterocycles. The van der Waals surface area contributed by atoms with Crippen molar-refractivity contribution in [2.75, 3.05) is 28.2 Å². The van der Waals surface area contributed by atoms with E-state index >= 15 is 0 Å². The van der Waals surface area contributed by atoms with Gasteiger partial charge < -0.3 is 39.7 Å². The number of hydrogen-bond acceptors (Lipinski definition) is 2. The van der Waals surface area contributed by atoms with Gasteiger partial charge >= 0.3 is 0 Å². The minimum atomic E-state index is -0.0369. The number of ketones is 1. The molecule has 0 saturated carbocycles. The summed E-state index contributed by atoms with van der Waals surface area (Å²) in [6, 6.07) is 11.2. The number of carbonyl (C=O) groups excluding carboxylic acids is 1. The lowest BCUT2D eigenvalue weighted by atomic mass is 10.0. The van der Waals surface area contributed by atoms with Crippen molar-refractivity contribution in [2.24, 2.45) is 0 Å². The maximum Gasteiger partial charge on any atom is 0.185 e. The van der Waals surface area contributed by atoms with E-state index < -0.39 is 0 Å². The van der Waals surface area contributed by atoms with Gasteiger partial charge in [0.1, 0.15) is 18.8 Å². The van der Waals surface area contributed by atoms with E-state index in [1.54, 1.807) is 18.2 Å². The molecule has 0 heterocycles. The first kappa shape index (κ1) is 26.6. The molecule has 0 saturated heterocycles. The molecule has 0 fully saturated rings. The fraction of sp³-hybridized carbons (Fsp3) is 0.286. The van der Waals surface area contributed by atoms with Crippen molar-refractivity contribution in [3.8, 4) is 5.75 Å². The largest absolute Gasteiger partial charge is 1.00 e. The van der Waals surface area contributed by atoms with E-state index in [2.05, 4.69) is 44.1 Å². The van der Waals surface area contributed by atoms with Crippen LogP contribution in [0, 0.1) is 0 Å². The van der Waals surface area contributed by atoms with Crippen LogP contribution in [-0.4, -0.2) is 39.1 Å². The Morgan fingerprint density at radius 2 is 1.43 bits per heavy atom. The highest BCUT2D eigenvalue weighted by Gasteiger charge is 2.14. The number of allylic oxidation sites excluding steroid dienone is 1. The molecule has 0 spiro atoms. The van der Waals surface area contributed by atoms with Gasteiger partial charge in [0, 0.05) is 21.2 Å². The summed E-state index contributed by atoms with van der Waals surface area (Å²) < 4.78 is 0.947. The molecular weight excluding hydrogens is 463 g/mol. The van der Waals surface area contributed by atoms with Crippen molar-refractivity contribution in [1.29, 1.82) is 0 Å². The lowest BCUT2D eigenvalue weighted by Crippen LogP contribution is -3.04. The molecule has 0 unspecified atom stereocenters. The number of carbonyl (C=O) groups is 1. The number of phenols is 1. The highest BCUT2D eigenvalue weighted by molar-refractivity contribution is 9.10. The summed E-state index contributed by atoms with van der Waals surface area (Å²) in [5.41, 5.74) is 3.39. The zero-order valence-corrected chi connectivity index (χ0v) is 19.6. The van der Waals surface area contributed by atoms with Gasteiger partial charge in [0.15, 0.2) is 5.78 Å². The highest BCUT2D eigenvalue weighted by atomic mass is 79.9. The van der Waals surface area contributed by atoms with Crippen molar-refractivity contribution < 1.29 is 44.5 Å². The monoisotopic (exact) mass is 488 g/mol. The van der Waals surface area contributed by atoms with Crippen LogP contribution in [0.5, 0.6) is 5.75 Å². The zero-order valence-electron chi connectivity index (χ0n) is 16.5. The summed E-state index contributed by atoms with van der Waals surface area (Å²) in [4.78, 5) is 14.8. The van der Waals surface area contributed by atoms with Crippen LogP contribution in [0.4, 0.5) is 0 Å². The first-order chi connectivity index (χ1) is 12.3. The molecule has 0 atom stereocenters. The van der Waals surface area contributed by atoms with Gasteiger partial charge in [0.05, 0.1) is 28.2 Å². The van der Waals surface area contributed by atoms with E-state index in [1.807, 2.05) is 30.3 Å². The second-order valence-corrected chi connectivity index (χ2v) is 8.08. The minimum Gasteiger partial charge on any atom is -1.00 e. The Hall–Kier alpha value is -1.37. The Morgan fingerprint density at radius 3 is 1.86 bits per heavy atom. The molecule has 2 rings (SSSR count). The number of benzene rings is 2. The van der Waals surface area contributed by atoms with E-state index in [0.717, 1.165) is 34.3 Å². The Balaban J connectivity index is 0.00000364. The van der Waals surface area contributed by atoms with Crippen LogP contribution in [0.2, 0.25) is 0 Å². The fourth-order valence-corrected chi connectivity index (χ4v) is 3.06. The SMILES string of the molecule is C[NH+](C)Cc1cc(/C=C/C(=O)c2ccc(Br)cc2)cc(C[NH+](C)C)c1O.[Cl-].[Cl-]. The number of hydrogen-bond donors (Lipinski definition) is 3. The molecule has 0 radical (unpaired) electrons. The number of halogens is 3. The highest BCUT2D eigenvalue weighted by Crippen LogP contribution is 2.25. The molecule has 7 heteroatoms. The third-order valence-electron chi connectivity index (χ3n) is 3.93. The van der Waals surface area contributed by atoms with Crippen molar-refractivity contribution in [1.82, 2.24) is 0 Å². The molecule has 2 aromatic rings. The summed E-state index contributed by atoms with van der Waals surface area (Å²) in [5.74, 6) is 0.328. The molecule has 0 aliphatic carbocycles. The van der Waals surface area contributed by atoms with Crippen LogP contribution in [0.25, 0.3) is 6.08 Å². The van der Waals surface area contributed by atoms with Gasteiger partial charge in [-0.15, -0.1) is 0 Å². The van der Waals surface area contributed by atoms with Crippen molar-refractivity contribution in [3.63, 3.8) is 0 Å². The van der Waals surface area contributed by atoms with E-state index in [9.17, 15) is 9.90 Å². The van der Waals surface area contributed by atoms with E-state index in [0.29, 0.717) is 11.3 Å². The molecule has 28 heavy (non-hydrogen) atoms. The molecule has 154 valence electrons. The summed E-state index contributed by atoms with van der Waals surface area (Å²) in [5, 5.41) is 10.6. The molecule has 0 amide bonds. The number of rotatable bonds is 7. The van der Waals surface area contributed by atoms with Gasteiger partial charge in [-0.3, -0.25) is 4.79 Å². The Kier molecular flexibility index (Phi) is 11.6. The lowest BCUT2D eigenvalue weighted by molar-refractivity contribution is -0.873. The number of quaternary nitrogens is 2. The molecule has 4 nitrogen and oxygen atoms in total. The predicted octanol–water partition coefficient (Wildman–Crippen LogP) is -4.65. The maximum atomic E-state index is 12.4. The van der Waals surface area contributed by atoms with Gasteiger partial charge in [0.25, 0.3) is 0 Å². The number of nitrogens with one attached hydrogen (secondary N) is 2. The van der Waals surface area contributed by atoms with Gasteiger partial charge in [-0.2, -0.15) is 0 Å². The van der Waals surface area contributed by atoms with Gasteiger partial charge in [0.2, 0.25) is 0 Å². The standard InChI is InChI=1S/C21H25BrN2O2.2ClH/c1-23(2)13-17-11-15(12-18(21(17)26)14-24(3)4)5-10-20(25)16-6-8-19(22)9-7-16;;/h5-12,26H,13-14H2,1-4H3;2*1H/b10-5+;;. The molecule has 2 aromatic carbocycles. The molecule has 0 bridgehead atoms. The Bertz CT molecular complexity index is 776. The van der Waals surface area contributed by atoms with Crippen molar-refractivity contribution in [3.05, 3.63) is 69.2 Å². The van der Waals surface area contributed by atoms with Crippen molar-refractivity contribution >= 4 is 27.8 Å². The second kappa shape index (κ2) is 12.2. The van der Waals surface area contributed by atoms with Crippen LogP contribution in [-0.2, 0) is 13.1 Å².